The molecule has 3 aromatic rings. The summed E-state index contributed by atoms with van der Waals surface area (Å²) in [7, 11) is 3.77. The Hall–Kier alpha value is -4.58. The molecule has 2 aliphatic heterocycles. The number of nitriles is 2. The summed E-state index contributed by atoms with van der Waals surface area (Å²) in [6.45, 7) is 8.02. The third-order valence-electron chi connectivity index (χ3n) is 7.87. The van der Waals surface area contributed by atoms with E-state index in [9.17, 15) is 10.1 Å². The van der Waals surface area contributed by atoms with Crippen LogP contribution in [0, 0.1) is 22.7 Å². The Morgan fingerprint density at radius 2 is 1.71 bits per heavy atom. The Kier molecular flexibility index (Phi) is 9.22. The Bertz CT molecular complexity index is 1480. The molecule has 11 heteroatoms. The monoisotopic (exact) mass is 568 g/mol. The zero-order valence-corrected chi connectivity index (χ0v) is 24.2. The largest absolute Gasteiger partial charge is 0.493 e. The van der Waals surface area contributed by atoms with Gasteiger partial charge in [0.05, 0.1) is 42.1 Å². The summed E-state index contributed by atoms with van der Waals surface area (Å²) in [4.78, 5) is 26.1. The van der Waals surface area contributed by atoms with Crippen LogP contribution in [0.25, 0.3) is 10.9 Å². The fourth-order valence-corrected chi connectivity index (χ4v) is 5.39. The molecule has 3 heterocycles. The van der Waals surface area contributed by atoms with Crippen LogP contribution in [0.3, 0.4) is 0 Å². The minimum atomic E-state index is -0.199. The van der Waals surface area contributed by atoms with Crippen molar-refractivity contribution < 1.29 is 14.3 Å². The first-order valence-corrected chi connectivity index (χ1v) is 14.2. The van der Waals surface area contributed by atoms with E-state index in [0.29, 0.717) is 61.1 Å². The number of methoxy groups -OCH3 is 1. The summed E-state index contributed by atoms with van der Waals surface area (Å²) in [6, 6.07) is 14.7. The summed E-state index contributed by atoms with van der Waals surface area (Å²) in [5.74, 6) is 1.23. The van der Waals surface area contributed by atoms with Crippen LogP contribution in [0.5, 0.6) is 11.5 Å². The van der Waals surface area contributed by atoms with Crippen LogP contribution in [-0.2, 0) is 0 Å². The number of benzene rings is 2. The van der Waals surface area contributed by atoms with Crippen LogP contribution >= 0.6 is 0 Å². The molecule has 0 aliphatic carbocycles. The molecule has 0 saturated carbocycles. The highest BCUT2D eigenvalue weighted by Crippen LogP contribution is 2.38. The number of nitrogens with zero attached hydrogens (tertiary/aromatic N) is 7. The molecule has 5 rings (SSSR count). The minimum absolute atomic E-state index is 0.199. The van der Waals surface area contributed by atoms with Crippen LogP contribution in [0.1, 0.15) is 17.5 Å². The van der Waals surface area contributed by atoms with Crippen molar-refractivity contribution in [3.8, 4) is 23.6 Å². The van der Waals surface area contributed by atoms with Crippen LogP contribution in [0.4, 0.5) is 16.2 Å². The van der Waals surface area contributed by atoms with Gasteiger partial charge in [-0.3, -0.25) is 4.98 Å². The average molecular weight is 569 g/mol. The van der Waals surface area contributed by atoms with E-state index < -0.39 is 0 Å². The second-order valence-electron chi connectivity index (χ2n) is 10.6. The molecule has 42 heavy (non-hydrogen) atoms. The first-order valence-electron chi connectivity index (χ1n) is 14.2. The lowest BCUT2D eigenvalue weighted by Gasteiger charge is -2.37. The zero-order chi connectivity index (χ0) is 29.5. The number of carbonyl (C=O) groups is 1. The topological polar surface area (TPSA) is 121 Å². The fraction of sp³-hybridized carbons (Fsp3) is 0.419. The van der Waals surface area contributed by atoms with E-state index in [1.165, 1.54) is 0 Å². The van der Waals surface area contributed by atoms with Gasteiger partial charge in [-0.2, -0.15) is 10.5 Å². The number of pyridine rings is 1. The number of hydrogen-bond acceptors (Lipinski definition) is 9. The highest BCUT2D eigenvalue weighted by molar-refractivity contribution is 5.97. The van der Waals surface area contributed by atoms with Gasteiger partial charge >= 0.3 is 6.03 Å². The fourth-order valence-electron chi connectivity index (χ4n) is 5.39. The van der Waals surface area contributed by atoms with Crippen LogP contribution in [0.2, 0.25) is 0 Å². The zero-order valence-electron chi connectivity index (χ0n) is 24.2. The molecule has 2 aromatic carbocycles. The lowest BCUT2D eigenvalue weighted by atomic mass is 10.1. The molecular weight excluding hydrogens is 532 g/mol. The molecule has 0 bridgehead atoms. The van der Waals surface area contributed by atoms with E-state index in [0.717, 1.165) is 55.7 Å². The van der Waals surface area contributed by atoms with Crippen molar-refractivity contribution in [3.63, 3.8) is 0 Å². The van der Waals surface area contributed by atoms with Crippen molar-refractivity contribution in [1.29, 1.82) is 10.5 Å². The van der Waals surface area contributed by atoms with E-state index in [2.05, 4.69) is 44.2 Å². The lowest BCUT2D eigenvalue weighted by Crippen LogP contribution is -2.50. The molecule has 0 unspecified atom stereocenters. The Morgan fingerprint density at radius 3 is 2.38 bits per heavy atom. The second-order valence-corrected chi connectivity index (χ2v) is 10.6. The third kappa shape index (κ3) is 6.65. The van der Waals surface area contributed by atoms with E-state index in [4.69, 9.17) is 14.7 Å². The molecule has 0 spiro atoms. The lowest BCUT2D eigenvalue weighted by molar-refractivity contribution is 0.145. The number of aromatic nitrogens is 1. The quantitative estimate of drug-likeness (QED) is 0.408. The molecule has 1 aromatic heterocycles. The Labute approximate surface area is 246 Å². The van der Waals surface area contributed by atoms with Gasteiger partial charge in [0.1, 0.15) is 6.07 Å². The molecule has 218 valence electrons. The number of hydrogen-bond donors (Lipinski definition) is 1. The molecule has 1 N–H and O–H groups in total. The van der Waals surface area contributed by atoms with E-state index in [1.807, 2.05) is 12.1 Å². The maximum absolute atomic E-state index is 12.9. The first kappa shape index (κ1) is 28.9. The molecule has 2 aliphatic rings. The molecule has 11 nitrogen and oxygen atoms in total. The standard InChI is InChI=1S/C31H36N8O3/c1-36-9-11-37(12-10-36)8-3-17-42-29-19-27-26(18-28(29)41-2)30(24(21-33)22-34-27)38-13-15-39(16-14-38)31(40)35-25-6-4-23(20-32)5-7-25/h4-7,18-19,22H,3,8-17H2,1-2H3,(H,35,40). The summed E-state index contributed by atoms with van der Waals surface area (Å²) >= 11 is 0. The van der Waals surface area contributed by atoms with Crippen molar-refractivity contribution in [3.05, 3.63) is 53.7 Å². The summed E-state index contributed by atoms with van der Waals surface area (Å²) < 4.78 is 11.8. The molecular formula is C31H36N8O3. The number of nitrogens with one attached hydrogen (secondary N) is 1. The SMILES string of the molecule is COc1cc2c(N3CCN(C(=O)Nc4ccc(C#N)cc4)CC3)c(C#N)cnc2cc1OCCCN1CCN(C)CC1. The van der Waals surface area contributed by atoms with Gasteiger partial charge in [0.2, 0.25) is 0 Å². The average Bonchev–Trinajstić information content (AvgIpc) is 3.03. The van der Waals surface area contributed by atoms with Crippen molar-refractivity contribution in [2.24, 2.45) is 0 Å². The molecule has 0 radical (unpaired) electrons. The summed E-state index contributed by atoms with van der Waals surface area (Å²) in [5.41, 5.74) is 3.16. The maximum Gasteiger partial charge on any atom is 0.321 e. The number of amides is 2. The van der Waals surface area contributed by atoms with Gasteiger partial charge in [0, 0.05) is 82.2 Å². The minimum Gasteiger partial charge on any atom is -0.493 e. The van der Waals surface area contributed by atoms with Crippen LogP contribution in [-0.4, -0.2) is 105 Å². The van der Waals surface area contributed by atoms with Gasteiger partial charge in [-0.1, -0.05) is 0 Å². The number of fused-ring (bicyclic) bond motifs is 1. The van der Waals surface area contributed by atoms with Gasteiger partial charge in [0.25, 0.3) is 0 Å². The highest BCUT2D eigenvalue weighted by Gasteiger charge is 2.25. The van der Waals surface area contributed by atoms with Crippen LogP contribution in [0.15, 0.2) is 42.6 Å². The number of piperazine rings is 2. The van der Waals surface area contributed by atoms with Crippen LogP contribution < -0.4 is 19.7 Å². The predicted octanol–water partition coefficient (Wildman–Crippen LogP) is 3.36. The number of carbonyl (C=O) groups excluding carboxylic acids is 1. The van der Waals surface area contributed by atoms with E-state index in [1.54, 1.807) is 42.5 Å². The smallest absolute Gasteiger partial charge is 0.321 e. The number of anilines is 2. The van der Waals surface area contributed by atoms with Gasteiger partial charge in [-0.25, -0.2) is 4.79 Å². The predicted molar refractivity (Wildman–Crippen MR) is 161 cm³/mol. The summed E-state index contributed by atoms with van der Waals surface area (Å²) in [5, 5.41) is 22.6. The van der Waals surface area contributed by atoms with Gasteiger partial charge in [-0.15, -0.1) is 0 Å². The van der Waals surface area contributed by atoms with Crippen molar-refractivity contribution in [2.45, 2.75) is 6.42 Å². The number of urea groups is 1. The van der Waals surface area contributed by atoms with Crippen molar-refractivity contribution in [2.75, 3.05) is 89.9 Å². The first-order chi connectivity index (χ1) is 20.5. The normalized spacial score (nSPS) is 16.1. The van der Waals surface area contributed by atoms with Gasteiger partial charge in [0.15, 0.2) is 11.5 Å². The van der Waals surface area contributed by atoms with Gasteiger partial charge in [-0.05, 0) is 43.8 Å². The second kappa shape index (κ2) is 13.4. The van der Waals surface area contributed by atoms with Crippen molar-refractivity contribution in [1.82, 2.24) is 19.7 Å². The molecule has 2 saturated heterocycles. The van der Waals surface area contributed by atoms with Gasteiger partial charge < -0.3 is 34.4 Å². The van der Waals surface area contributed by atoms with E-state index in [-0.39, 0.29) is 6.03 Å². The summed E-state index contributed by atoms with van der Waals surface area (Å²) in [6.07, 6.45) is 2.52. The number of rotatable bonds is 8. The van der Waals surface area contributed by atoms with E-state index >= 15 is 0 Å². The molecule has 2 fully saturated rings. The highest BCUT2D eigenvalue weighted by atomic mass is 16.5. The Balaban J connectivity index is 1.25. The molecule has 0 atom stereocenters. The Morgan fingerprint density at radius 1 is 0.976 bits per heavy atom. The maximum atomic E-state index is 12.9. The third-order valence-corrected chi connectivity index (χ3v) is 7.87. The van der Waals surface area contributed by atoms with Crippen molar-refractivity contribution >= 4 is 28.3 Å². The number of ether oxygens (including phenoxy) is 2. The number of likely N-dealkylation sites (N-methyl/N-ethyl adjacent to an activating group) is 1. The molecule has 2 amide bonds.